The van der Waals surface area contributed by atoms with Crippen LogP contribution in [0.2, 0.25) is 0 Å². The van der Waals surface area contributed by atoms with Crippen molar-refractivity contribution in [3.8, 4) is 5.75 Å². The van der Waals surface area contributed by atoms with Crippen LogP contribution in [0.15, 0.2) is 22.5 Å². The predicted molar refractivity (Wildman–Crippen MR) is 66.5 cm³/mol. The Hall–Kier alpha value is -1.27. The van der Waals surface area contributed by atoms with E-state index in [0.29, 0.717) is 6.61 Å². The van der Waals surface area contributed by atoms with Gasteiger partial charge < -0.3 is 14.6 Å². The minimum Gasteiger partial charge on any atom is -0.549 e. The largest absolute Gasteiger partial charge is 0.549 e. The maximum absolute atomic E-state index is 10.4. The van der Waals surface area contributed by atoms with Crippen LogP contribution in [0.3, 0.4) is 0 Å². The number of thiazole rings is 1. The summed E-state index contributed by atoms with van der Waals surface area (Å²) in [7, 11) is 0. The lowest BCUT2D eigenvalue weighted by molar-refractivity contribution is -0.301. The summed E-state index contributed by atoms with van der Waals surface area (Å²) in [4.78, 5) is 14.7. The maximum Gasteiger partial charge on any atom is 0.151 e. The molecule has 0 radical (unpaired) electrons. The van der Waals surface area contributed by atoms with Crippen LogP contribution in [0.1, 0.15) is 6.92 Å². The Kier molecular flexibility index (Phi) is 3.86. The summed E-state index contributed by atoms with van der Waals surface area (Å²) in [5.74, 6) is -0.345. The smallest absolute Gasteiger partial charge is 0.151 e. The molecule has 17 heavy (non-hydrogen) atoms. The highest BCUT2D eigenvalue weighted by Crippen LogP contribution is 2.31. The predicted octanol–water partition coefficient (Wildman–Crippen LogP) is 1.54. The van der Waals surface area contributed by atoms with Crippen molar-refractivity contribution in [3.05, 3.63) is 18.2 Å². The summed E-state index contributed by atoms with van der Waals surface area (Å²) >= 11 is 2.64. The molecule has 0 fully saturated rings. The summed E-state index contributed by atoms with van der Waals surface area (Å²) in [6.07, 6.45) is 0. The normalized spacial score (nSPS) is 10.6. The van der Waals surface area contributed by atoms with Crippen LogP contribution in [0.4, 0.5) is 0 Å². The molecule has 0 spiro atoms. The second-order valence-corrected chi connectivity index (χ2v) is 5.46. The average molecular weight is 268 g/mol. The number of aromatic nitrogens is 1. The first-order chi connectivity index (χ1) is 8.19. The molecule has 0 aliphatic heterocycles. The number of fused-ring (bicyclic) bond motifs is 1. The Bertz CT molecular complexity index is 538. The van der Waals surface area contributed by atoms with Gasteiger partial charge in [-0.05, 0) is 25.1 Å². The van der Waals surface area contributed by atoms with Crippen molar-refractivity contribution in [2.75, 3.05) is 12.4 Å². The fourth-order valence-electron chi connectivity index (χ4n) is 1.32. The Labute approximate surface area is 107 Å². The third-order valence-electron chi connectivity index (χ3n) is 1.96. The number of hydrogen-bond donors (Lipinski definition) is 0. The fourth-order valence-corrected chi connectivity index (χ4v) is 3.13. The van der Waals surface area contributed by atoms with Gasteiger partial charge in [-0.15, -0.1) is 11.3 Å². The molecule has 0 saturated carbocycles. The van der Waals surface area contributed by atoms with E-state index in [4.69, 9.17) is 4.74 Å². The zero-order valence-electron chi connectivity index (χ0n) is 9.13. The number of carbonyl (C=O) groups is 1. The first-order valence-electron chi connectivity index (χ1n) is 5.05. The summed E-state index contributed by atoms with van der Waals surface area (Å²) in [6, 6.07) is 5.65. The number of carbonyl (C=O) groups excluding carboxylic acids is 1. The molecule has 0 aliphatic carbocycles. The van der Waals surface area contributed by atoms with Gasteiger partial charge in [0.15, 0.2) is 4.34 Å². The van der Waals surface area contributed by atoms with Crippen LogP contribution in [0.5, 0.6) is 5.75 Å². The van der Waals surface area contributed by atoms with E-state index in [9.17, 15) is 9.90 Å². The first kappa shape index (κ1) is 12.2. The number of carboxylic acid groups (broad SMARTS) is 1. The van der Waals surface area contributed by atoms with Crippen molar-refractivity contribution < 1.29 is 14.6 Å². The highest BCUT2D eigenvalue weighted by Gasteiger charge is 2.05. The number of ether oxygens (including phenoxy) is 1. The number of nitrogens with zero attached hydrogens (tertiary/aromatic N) is 1. The SMILES string of the molecule is CCOc1ccc2nc(SCC(=O)[O-])sc2c1. The molecule has 6 heteroatoms. The summed E-state index contributed by atoms with van der Waals surface area (Å²) in [6.45, 7) is 2.55. The maximum atomic E-state index is 10.4. The van der Waals surface area contributed by atoms with Gasteiger partial charge in [0.2, 0.25) is 0 Å². The van der Waals surface area contributed by atoms with Crippen molar-refractivity contribution in [1.29, 1.82) is 0 Å². The lowest BCUT2D eigenvalue weighted by Gasteiger charge is -2.00. The molecule has 2 rings (SSSR count). The zero-order valence-corrected chi connectivity index (χ0v) is 10.8. The quantitative estimate of drug-likeness (QED) is 0.770. The van der Waals surface area contributed by atoms with E-state index in [1.807, 2.05) is 25.1 Å². The summed E-state index contributed by atoms with van der Waals surface area (Å²) in [5.41, 5.74) is 0.860. The van der Waals surface area contributed by atoms with Gasteiger partial charge in [-0.1, -0.05) is 11.8 Å². The van der Waals surface area contributed by atoms with Gasteiger partial charge in [-0.2, -0.15) is 0 Å². The van der Waals surface area contributed by atoms with E-state index in [0.717, 1.165) is 20.3 Å². The molecule has 0 unspecified atom stereocenters. The van der Waals surface area contributed by atoms with E-state index < -0.39 is 5.97 Å². The molecule has 1 heterocycles. The van der Waals surface area contributed by atoms with Gasteiger partial charge in [-0.25, -0.2) is 4.98 Å². The molecule has 0 aliphatic rings. The number of thioether (sulfide) groups is 1. The van der Waals surface area contributed by atoms with E-state index in [1.165, 1.54) is 23.1 Å². The Morgan fingerprint density at radius 3 is 3.12 bits per heavy atom. The minimum absolute atomic E-state index is 0.0713. The van der Waals surface area contributed by atoms with Crippen molar-refractivity contribution in [2.45, 2.75) is 11.3 Å². The number of carboxylic acids is 1. The van der Waals surface area contributed by atoms with E-state index in [-0.39, 0.29) is 5.75 Å². The minimum atomic E-state index is -1.08. The van der Waals surface area contributed by atoms with Crippen LogP contribution in [-0.2, 0) is 4.79 Å². The van der Waals surface area contributed by atoms with Gasteiger partial charge in [0.25, 0.3) is 0 Å². The molecule has 90 valence electrons. The zero-order chi connectivity index (χ0) is 12.3. The number of rotatable bonds is 5. The van der Waals surface area contributed by atoms with E-state index in [2.05, 4.69) is 4.98 Å². The number of benzene rings is 1. The van der Waals surface area contributed by atoms with Crippen molar-refractivity contribution in [2.24, 2.45) is 0 Å². The molecule has 2 aromatic rings. The Morgan fingerprint density at radius 1 is 1.59 bits per heavy atom. The van der Waals surface area contributed by atoms with Gasteiger partial charge >= 0.3 is 0 Å². The Balaban J connectivity index is 2.21. The second-order valence-electron chi connectivity index (χ2n) is 3.20. The van der Waals surface area contributed by atoms with E-state index in [1.54, 1.807) is 0 Å². The van der Waals surface area contributed by atoms with Gasteiger partial charge in [0, 0.05) is 5.75 Å². The standard InChI is InChI=1S/C11H11NO3S2/c1-2-15-7-3-4-8-9(5-7)17-11(12-8)16-6-10(13)14/h3-5H,2,6H2,1H3,(H,13,14)/p-1. The molecule has 1 aromatic carbocycles. The molecule has 0 bridgehead atoms. The summed E-state index contributed by atoms with van der Waals surface area (Å²) in [5, 5.41) is 10.4. The average Bonchev–Trinajstić information content (AvgIpc) is 2.69. The molecular formula is C11H10NO3S2-. The Morgan fingerprint density at radius 2 is 2.41 bits per heavy atom. The van der Waals surface area contributed by atoms with Crippen LogP contribution >= 0.6 is 23.1 Å². The van der Waals surface area contributed by atoms with Gasteiger partial charge in [-0.3, -0.25) is 0 Å². The van der Waals surface area contributed by atoms with Crippen LogP contribution in [0.25, 0.3) is 10.2 Å². The van der Waals surface area contributed by atoms with Crippen LogP contribution in [-0.4, -0.2) is 23.3 Å². The van der Waals surface area contributed by atoms with Crippen molar-refractivity contribution in [1.82, 2.24) is 4.98 Å². The highest BCUT2D eigenvalue weighted by atomic mass is 32.2. The van der Waals surface area contributed by atoms with Crippen LogP contribution in [0, 0.1) is 0 Å². The van der Waals surface area contributed by atoms with Crippen LogP contribution < -0.4 is 9.84 Å². The third-order valence-corrected chi connectivity index (χ3v) is 4.10. The van der Waals surface area contributed by atoms with Crippen molar-refractivity contribution >= 4 is 39.3 Å². The third kappa shape index (κ3) is 3.10. The monoisotopic (exact) mass is 268 g/mol. The molecule has 0 N–H and O–H groups in total. The topological polar surface area (TPSA) is 62.2 Å². The molecule has 0 amide bonds. The molecule has 1 aromatic heterocycles. The molecule has 4 nitrogen and oxygen atoms in total. The van der Waals surface area contributed by atoms with Gasteiger partial charge in [0.1, 0.15) is 5.75 Å². The highest BCUT2D eigenvalue weighted by molar-refractivity contribution is 8.01. The molecular weight excluding hydrogens is 258 g/mol. The molecule has 0 atom stereocenters. The lowest BCUT2D eigenvalue weighted by atomic mass is 10.3. The van der Waals surface area contributed by atoms with Gasteiger partial charge in [0.05, 0.1) is 22.8 Å². The number of hydrogen-bond acceptors (Lipinski definition) is 6. The van der Waals surface area contributed by atoms with Crippen molar-refractivity contribution in [3.63, 3.8) is 0 Å². The summed E-state index contributed by atoms with van der Waals surface area (Å²) < 4.78 is 7.12. The lowest BCUT2D eigenvalue weighted by Crippen LogP contribution is -2.24. The number of aliphatic carboxylic acids is 1. The fraction of sp³-hybridized carbons (Fsp3) is 0.273. The van der Waals surface area contributed by atoms with E-state index >= 15 is 0 Å². The first-order valence-corrected chi connectivity index (χ1v) is 6.85. The molecule has 0 saturated heterocycles. The second kappa shape index (κ2) is 5.37.